The highest BCUT2D eigenvalue weighted by molar-refractivity contribution is 6.32. The summed E-state index contributed by atoms with van der Waals surface area (Å²) in [6.07, 6.45) is 7.16. The van der Waals surface area contributed by atoms with Crippen molar-refractivity contribution in [3.63, 3.8) is 0 Å². The van der Waals surface area contributed by atoms with Gasteiger partial charge in [-0.1, -0.05) is 23.7 Å². The van der Waals surface area contributed by atoms with E-state index in [-0.39, 0.29) is 30.3 Å². The van der Waals surface area contributed by atoms with Gasteiger partial charge in [-0.15, -0.1) is 0 Å². The molecule has 4 aromatic rings. The van der Waals surface area contributed by atoms with Crippen molar-refractivity contribution in [1.29, 1.82) is 0 Å². The van der Waals surface area contributed by atoms with E-state index in [1.165, 1.54) is 6.20 Å². The van der Waals surface area contributed by atoms with E-state index < -0.39 is 0 Å². The molecule has 0 aliphatic heterocycles. The van der Waals surface area contributed by atoms with Crippen molar-refractivity contribution in [3.8, 4) is 5.75 Å². The highest BCUT2D eigenvalue weighted by atomic mass is 35.5. The second-order valence-electron chi connectivity index (χ2n) is 9.28. The Labute approximate surface area is 218 Å². The third kappa shape index (κ3) is 5.23. The molecule has 3 heterocycles. The van der Waals surface area contributed by atoms with E-state index in [1.807, 2.05) is 18.2 Å². The number of benzene rings is 1. The lowest BCUT2D eigenvalue weighted by molar-refractivity contribution is 0.0950. The van der Waals surface area contributed by atoms with Crippen molar-refractivity contribution in [1.82, 2.24) is 24.4 Å². The molecule has 10 heteroatoms. The summed E-state index contributed by atoms with van der Waals surface area (Å²) < 4.78 is 8.59. The number of hydrogen-bond donors (Lipinski definition) is 2. The number of aliphatic hydroxyl groups is 1. The number of rotatable bonds is 7. The summed E-state index contributed by atoms with van der Waals surface area (Å²) in [6.45, 7) is 0.580. The lowest BCUT2D eigenvalue weighted by Gasteiger charge is -2.26. The first-order chi connectivity index (χ1) is 17.9. The fourth-order valence-corrected chi connectivity index (χ4v) is 5.13. The maximum absolute atomic E-state index is 13.7. The van der Waals surface area contributed by atoms with Crippen LogP contribution in [-0.4, -0.2) is 43.3 Å². The smallest absolute Gasteiger partial charge is 0.330 e. The van der Waals surface area contributed by atoms with E-state index in [4.69, 9.17) is 16.3 Å². The molecule has 0 atom stereocenters. The van der Waals surface area contributed by atoms with E-state index in [0.29, 0.717) is 59.7 Å². The Bertz CT molecular complexity index is 1480. The molecule has 9 nitrogen and oxygen atoms in total. The zero-order valence-corrected chi connectivity index (χ0v) is 21.2. The number of carbonyl (C=O) groups is 1. The number of methoxy groups -OCH3 is 1. The van der Waals surface area contributed by atoms with Crippen LogP contribution in [0.1, 0.15) is 53.2 Å². The van der Waals surface area contributed by atoms with Crippen molar-refractivity contribution in [3.05, 3.63) is 87.2 Å². The number of hydrogen-bond acceptors (Lipinski definition) is 6. The second kappa shape index (κ2) is 10.7. The van der Waals surface area contributed by atoms with Crippen LogP contribution in [0, 0.1) is 0 Å². The van der Waals surface area contributed by atoms with Gasteiger partial charge in [-0.2, -0.15) is 0 Å². The number of imidazole rings is 1. The molecular formula is C27H28ClN5O4. The molecule has 1 saturated carbocycles. The molecule has 0 bridgehead atoms. The number of nitrogens with zero attached hydrogens (tertiary/aromatic N) is 4. The fourth-order valence-electron chi connectivity index (χ4n) is 4.85. The van der Waals surface area contributed by atoms with Gasteiger partial charge in [-0.25, -0.2) is 9.78 Å². The Hall–Kier alpha value is -3.69. The Morgan fingerprint density at radius 2 is 1.97 bits per heavy atom. The predicted molar refractivity (Wildman–Crippen MR) is 140 cm³/mol. The molecule has 1 aromatic carbocycles. The molecule has 1 amide bonds. The molecule has 37 heavy (non-hydrogen) atoms. The lowest BCUT2D eigenvalue weighted by atomic mass is 9.93. The number of ether oxygens (including phenoxy) is 1. The summed E-state index contributed by atoms with van der Waals surface area (Å²) in [4.78, 5) is 35.3. The van der Waals surface area contributed by atoms with Gasteiger partial charge in [0.1, 0.15) is 5.75 Å². The maximum Gasteiger partial charge on any atom is 0.330 e. The Morgan fingerprint density at radius 3 is 2.68 bits per heavy atom. The van der Waals surface area contributed by atoms with E-state index in [9.17, 15) is 14.7 Å². The average Bonchev–Trinajstić information content (AvgIpc) is 3.19. The summed E-state index contributed by atoms with van der Waals surface area (Å²) in [5.74, 6) is 0.258. The van der Waals surface area contributed by atoms with Gasteiger partial charge in [0.25, 0.3) is 5.91 Å². The number of nitrogens with one attached hydrogen (secondary N) is 1. The van der Waals surface area contributed by atoms with E-state index in [2.05, 4.69) is 15.3 Å². The van der Waals surface area contributed by atoms with Crippen LogP contribution in [0.2, 0.25) is 5.02 Å². The zero-order valence-electron chi connectivity index (χ0n) is 20.4. The highest BCUT2D eigenvalue weighted by Crippen LogP contribution is 2.31. The summed E-state index contributed by atoms with van der Waals surface area (Å²) in [5, 5.41) is 13.3. The van der Waals surface area contributed by atoms with Crippen molar-refractivity contribution < 1.29 is 14.6 Å². The Kier molecular flexibility index (Phi) is 7.25. The highest BCUT2D eigenvalue weighted by Gasteiger charge is 2.27. The van der Waals surface area contributed by atoms with Crippen LogP contribution in [0.4, 0.5) is 0 Å². The van der Waals surface area contributed by atoms with Crippen LogP contribution in [0.25, 0.3) is 11.2 Å². The minimum Gasteiger partial charge on any atom is -0.495 e. The molecule has 0 spiro atoms. The first-order valence-electron chi connectivity index (χ1n) is 12.2. The molecule has 3 aromatic heterocycles. The molecular weight excluding hydrogens is 494 g/mol. The van der Waals surface area contributed by atoms with Gasteiger partial charge in [-0.05, 0) is 61.1 Å². The second-order valence-corrected chi connectivity index (χ2v) is 9.69. The molecule has 5 rings (SSSR count). The largest absolute Gasteiger partial charge is 0.495 e. The molecule has 0 unspecified atom stereocenters. The number of aromatic nitrogens is 4. The molecule has 192 valence electrons. The fraction of sp³-hybridized carbons (Fsp3) is 0.333. The topological polar surface area (TPSA) is 111 Å². The summed E-state index contributed by atoms with van der Waals surface area (Å²) in [6, 6.07) is 10.7. The van der Waals surface area contributed by atoms with Crippen molar-refractivity contribution in [2.45, 2.75) is 50.9 Å². The normalized spacial score (nSPS) is 17.6. The number of aliphatic hydroxyl groups excluding tert-OH is 1. The van der Waals surface area contributed by atoms with E-state index in [1.54, 1.807) is 46.8 Å². The molecule has 1 fully saturated rings. The number of halogens is 1. The lowest BCUT2D eigenvalue weighted by Crippen LogP contribution is -2.31. The van der Waals surface area contributed by atoms with Crippen molar-refractivity contribution in [2.75, 3.05) is 7.11 Å². The van der Waals surface area contributed by atoms with E-state index in [0.717, 1.165) is 11.1 Å². The zero-order chi connectivity index (χ0) is 25.9. The van der Waals surface area contributed by atoms with E-state index >= 15 is 0 Å². The summed E-state index contributed by atoms with van der Waals surface area (Å²) in [7, 11) is 1.55. The number of pyridine rings is 2. The first-order valence-corrected chi connectivity index (χ1v) is 12.6. The molecule has 0 radical (unpaired) electrons. The van der Waals surface area contributed by atoms with Gasteiger partial charge in [-0.3, -0.25) is 18.9 Å². The van der Waals surface area contributed by atoms with Crippen molar-refractivity contribution >= 4 is 28.7 Å². The third-order valence-corrected chi connectivity index (χ3v) is 7.12. The predicted octanol–water partition coefficient (Wildman–Crippen LogP) is 3.71. The molecule has 2 N–H and O–H groups in total. The van der Waals surface area contributed by atoms with Gasteiger partial charge in [0.05, 0.1) is 35.9 Å². The number of carbonyl (C=O) groups excluding carboxylic acids is 1. The van der Waals surface area contributed by atoms with Crippen LogP contribution in [0.5, 0.6) is 5.75 Å². The number of amides is 1. The van der Waals surface area contributed by atoms with Gasteiger partial charge < -0.3 is 15.2 Å². The standard InChI is InChI=1S/C27H28ClN5O4/c1-37-24-9-4-17(11-22(24)28)16-32-23-12-19(26(35)31-14-18-3-2-10-29-13-18)15-30-25(23)33(27(32)36)20-5-7-21(34)8-6-20/h2-4,9-13,15,20-21,34H,5-8,14,16H2,1H3,(H,31,35)/t20-,21-. The third-order valence-electron chi connectivity index (χ3n) is 6.83. The maximum atomic E-state index is 13.7. The Balaban J connectivity index is 1.52. The molecule has 0 saturated heterocycles. The number of fused-ring (bicyclic) bond motifs is 1. The van der Waals surface area contributed by atoms with Gasteiger partial charge in [0.2, 0.25) is 0 Å². The van der Waals surface area contributed by atoms with Gasteiger partial charge in [0.15, 0.2) is 5.65 Å². The van der Waals surface area contributed by atoms with Crippen LogP contribution in [0.3, 0.4) is 0 Å². The minimum absolute atomic E-state index is 0.0723. The first kappa shape index (κ1) is 25.0. The molecule has 1 aliphatic carbocycles. The van der Waals surface area contributed by atoms with Crippen LogP contribution >= 0.6 is 11.6 Å². The minimum atomic E-state index is -0.343. The Morgan fingerprint density at radius 1 is 1.16 bits per heavy atom. The monoisotopic (exact) mass is 521 g/mol. The quantitative estimate of drug-likeness (QED) is 0.383. The summed E-state index contributed by atoms with van der Waals surface area (Å²) in [5.41, 5.74) is 2.94. The average molecular weight is 522 g/mol. The van der Waals surface area contributed by atoms with Gasteiger partial charge >= 0.3 is 5.69 Å². The summed E-state index contributed by atoms with van der Waals surface area (Å²) >= 11 is 6.34. The van der Waals surface area contributed by atoms with Crippen molar-refractivity contribution in [2.24, 2.45) is 0 Å². The van der Waals surface area contributed by atoms with Crippen LogP contribution < -0.4 is 15.7 Å². The SMILES string of the molecule is COc1ccc(Cn2c(=O)n([C@H]3CC[C@H](O)CC3)c3ncc(C(=O)NCc4cccnc4)cc32)cc1Cl. The van der Waals surface area contributed by atoms with Crippen LogP contribution in [0.15, 0.2) is 59.8 Å². The molecule has 1 aliphatic rings. The van der Waals surface area contributed by atoms with Gasteiger partial charge in [0, 0.05) is 31.2 Å². The van der Waals surface area contributed by atoms with Crippen LogP contribution in [-0.2, 0) is 13.1 Å².